The third-order valence-corrected chi connectivity index (χ3v) is 3.87. The first-order valence-electron chi connectivity index (χ1n) is 6.97. The zero-order chi connectivity index (χ0) is 16.4. The maximum atomic E-state index is 9.94. The van der Waals surface area contributed by atoms with Crippen LogP contribution in [0.3, 0.4) is 0 Å². The van der Waals surface area contributed by atoms with Crippen LogP contribution < -0.4 is 0 Å². The molecule has 0 aromatic rings. The van der Waals surface area contributed by atoms with Gasteiger partial charge in [-0.05, 0) is 0 Å². The number of hydrogen-bond acceptors (Lipinski definition) is 10. The summed E-state index contributed by atoms with van der Waals surface area (Å²) in [4.78, 5) is 0. The lowest BCUT2D eigenvalue weighted by molar-refractivity contribution is -0.343. The summed E-state index contributed by atoms with van der Waals surface area (Å²) < 4.78 is 15.4. The van der Waals surface area contributed by atoms with Gasteiger partial charge in [-0.15, -0.1) is 0 Å². The third kappa shape index (κ3) is 3.57. The Bertz CT molecular complexity index is 355. The van der Waals surface area contributed by atoms with Gasteiger partial charge in [-0.3, -0.25) is 0 Å². The van der Waals surface area contributed by atoms with Gasteiger partial charge in [-0.25, -0.2) is 0 Å². The van der Waals surface area contributed by atoms with E-state index in [4.69, 9.17) is 24.4 Å². The number of ether oxygens (including phenoxy) is 3. The van der Waals surface area contributed by atoms with Crippen molar-refractivity contribution >= 4 is 0 Å². The molecule has 2 heterocycles. The third-order valence-electron chi connectivity index (χ3n) is 3.87. The summed E-state index contributed by atoms with van der Waals surface area (Å²) in [6.07, 6.45) is -12.1. The van der Waals surface area contributed by atoms with Crippen molar-refractivity contribution in [2.24, 2.45) is 0 Å². The highest BCUT2D eigenvalue weighted by atomic mass is 16.7. The standard InChI is InChI=1S/C12H22O10/c13-2-5-8(16)4(15)1-7(20-5)22-11-10(18)9(17)6(3-14)21-12(11)19/h4-19H,1-3H2. The summed E-state index contributed by atoms with van der Waals surface area (Å²) in [6.45, 7) is -1.15. The van der Waals surface area contributed by atoms with Gasteiger partial charge in [0, 0.05) is 6.42 Å². The molecule has 2 aliphatic heterocycles. The van der Waals surface area contributed by atoms with Crippen molar-refractivity contribution in [2.75, 3.05) is 13.2 Å². The summed E-state index contributed by atoms with van der Waals surface area (Å²) in [6, 6.07) is 0. The SMILES string of the molecule is OCC1OC(OC2C(O)OC(CO)C(O)C2O)CC(O)C1O. The van der Waals surface area contributed by atoms with Crippen LogP contribution in [0, 0.1) is 0 Å². The predicted octanol–water partition coefficient (Wildman–Crippen LogP) is -4.37. The summed E-state index contributed by atoms with van der Waals surface area (Å²) in [5, 5.41) is 66.8. The molecule has 0 amide bonds. The van der Waals surface area contributed by atoms with Crippen LogP contribution in [0.15, 0.2) is 0 Å². The molecule has 2 saturated heterocycles. The van der Waals surface area contributed by atoms with Crippen LogP contribution in [-0.4, -0.2) is 104 Å². The van der Waals surface area contributed by atoms with Gasteiger partial charge in [-0.2, -0.15) is 0 Å². The topological polar surface area (TPSA) is 169 Å². The Kier molecular flexibility index (Phi) is 6.07. The molecule has 0 aromatic carbocycles. The molecular formula is C12H22O10. The average molecular weight is 326 g/mol. The monoisotopic (exact) mass is 326 g/mol. The smallest absolute Gasteiger partial charge is 0.184 e. The first kappa shape index (κ1) is 17.9. The minimum Gasteiger partial charge on any atom is -0.394 e. The molecule has 22 heavy (non-hydrogen) atoms. The fraction of sp³-hybridized carbons (Fsp3) is 1.00. The molecule has 0 bridgehead atoms. The highest BCUT2D eigenvalue weighted by Gasteiger charge is 2.47. The van der Waals surface area contributed by atoms with Gasteiger partial charge < -0.3 is 50.0 Å². The van der Waals surface area contributed by atoms with E-state index in [1.807, 2.05) is 0 Å². The van der Waals surface area contributed by atoms with E-state index in [2.05, 4.69) is 0 Å². The second-order valence-electron chi connectivity index (χ2n) is 5.41. The maximum Gasteiger partial charge on any atom is 0.184 e. The molecule has 2 fully saturated rings. The molecule has 0 aromatic heterocycles. The fourth-order valence-electron chi connectivity index (χ4n) is 2.55. The largest absolute Gasteiger partial charge is 0.394 e. The van der Waals surface area contributed by atoms with Gasteiger partial charge >= 0.3 is 0 Å². The Morgan fingerprint density at radius 3 is 2.00 bits per heavy atom. The van der Waals surface area contributed by atoms with Crippen LogP contribution >= 0.6 is 0 Å². The lowest BCUT2D eigenvalue weighted by Crippen LogP contribution is -2.61. The van der Waals surface area contributed by atoms with E-state index in [0.717, 1.165) is 0 Å². The molecular weight excluding hydrogens is 304 g/mol. The lowest BCUT2D eigenvalue weighted by atomic mass is 9.98. The predicted molar refractivity (Wildman–Crippen MR) is 67.2 cm³/mol. The molecule has 0 spiro atoms. The normalized spacial score (nSPS) is 50.0. The molecule has 9 atom stereocenters. The van der Waals surface area contributed by atoms with Gasteiger partial charge in [0.15, 0.2) is 12.6 Å². The van der Waals surface area contributed by atoms with Gasteiger partial charge in [0.05, 0.1) is 19.3 Å². The summed E-state index contributed by atoms with van der Waals surface area (Å²) >= 11 is 0. The Morgan fingerprint density at radius 2 is 1.41 bits per heavy atom. The first-order chi connectivity index (χ1) is 10.4. The quantitative estimate of drug-likeness (QED) is 0.268. The molecule has 10 nitrogen and oxygen atoms in total. The van der Waals surface area contributed by atoms with E-state index in [-0.39, 0.29) is 6.42 Å². The van der Waals surface area contributed by atoms with Gasteiger partial charge in [-0.1, -0.05) is 0 Å². The van der Waals surface area contributed by atoms with Crippen LogP contribution in [-0.2, 0) is 14.2 Å². The summed E-state index contributed by atoms with van der Waals surface area (Å²) in [5.74, 6) is 0. The highest BCUT2D eigenvalue weighted by molar-refractivity contribution is 4.90. The summed E-state index contributed by atoms with van der Waals surface area (Å²) in [7, 11) is 0. The fourth-order valence-corrected chi connectivity index (χ4v) is 2.55. The number of aliphatic hydroxyl groups is 7. The van der Waals surface area contributed by atoms with Crippen molar-refractivity contribution in [3.8, 4) is 0 Å². The number of aliphatic hydroxyl groups excluding tert-OH is 7. The van der Waals surface area contributed by atoms with Crippen LogP contribution in [0.2, 0.25) is 0 Å². The van der Waals surface area contributed by atoms with E-state index < -0.39 is 68.5 Å². The Morgan fingerprint density at radius 1 is 0.818 bits per heavy atom. The molecule has 0 radical (unpaired) electrons. The van der Waals surface area contributed by atoms with Gasteiger partial charge in [0.25, 0.3) is 0 Å². The molecule has 10 heteroatoms. The second-order valence-corrected chi connectivity index (χ2v) is 5.41. The zero-order valence-electron chi connectivity index (χ0n) is 11.7. The Hall–Kier alpha value is -0.400. The number of hydrogen-bond donors (Lipinski definition) is 7. The van der Waals surface area contributed by atoms with Crippen molar-refractivity contribution in [1.82, 2.24) is 0 Å². The van der Waals surface area contributed by atoms with Gasteiger partial charge in [0.1, 0.15) is 36.6 Å². The molecule has 2 aliphatic rings. The molecule has 9 unspecified atom stereocenters. The number of rotatable bonds is 4. The van der Waals surface area contributed by atoms with Crippen LogP contribution in [0.25, 0.3) is 0 Å². The van der Waals surface area contributed by atoms with Crippen molar-refractivity contribution < 1.29 is 50.0 Å². The van der Waals surface area contributed by atoms with E-state index in [9.17, 15) is 25.5 Å². The van der Waals surface area contributed by atoms with Crippen molar-refractivity contribution in [2.45, 2.75) is 61.7 Å². The molecule has 2 rings (SSSR count). The minimum absolute atomic E-state index is 0.160. The molecule has 130 valence electrons. The van der Waals surface area contributed by atoms with Crippen molar-refractivity contribution in [1.29, 1.82) is 0 Å². The van der Waals surface area contributed by atoms with Crippen molar-refractivity contribution in [3.05, 3.63) is 0 Å². The first-order valence-corrected chi connectivity index (χ1v) is 6.97. The van der Waals surface area contributed by atoms with E-state index >= 15 is 0 Å². The van der Waals surface area contributed by atoms with Crippen LogP contribution in [0.1, 0.15) is 6.42 Å². The summed E-state index contributed by atoms with van der Waals surface area (Å²) in [5.41, 5.74) is 0. The average Bonchev–Trinajstić information content (AvgIpc) is 2.50. The van der Waals surface area contributed by atoms with E-state index in [1.54, 1.807) is 0 Å². The van der Waals surface area contributed by atoms with Crippen LogP contribution in [0.5, 0.6) is 0 Å². The highest BCUT2D eigenvalue weighted by Crippen LogP contribution is 2.27. The Balaban J connectivity index is 2.00. The van der Waals surface area contributed by atoms with Crippen molar-refractivity contribution in [3.63, 3.8) is 0 Å². The van der Waals surface area contributed by atoms with E-state index in [1.165, 1.54) is 0 Å². The maximum absolute atomic E-state index is 9.94. The molecule has 0 saturated carbocycles. The zero-order valence-corrected chi connectivity index (χ0v) is 11.7. The lowest BCUT2D eigenvalue weighted by Gasteiger charge is -2.43. The second kappa shape index (κ2) is 7.45. The molecule has 7 N–H and O–H groups in total. The van der Waals surface area contributed by atoms with Gasteiger partial charge in [0.2, 0.25) is 0 Å². The van der Waals surface area contributed by atoms with Crippen LogP contribution in [0.4, 0.5) is 0 Å². The minimum atomic E-state index is -1.63. The Labute approximate surface area is 126 Å². The van der Waals surface area contributed by atoms with E-state index in [0.29, 0.717) is 0 Å². The molecule has 0 aliphatic carbocycles.